The summed E-state index contributed by atoms with van der Waals surface area (Å²) in [5, 5.41) is 8.90. The van der Waals surface area contributed by atoms with Gasteiger partial charge in [-0.1, -0.05) is 20.8 Å². The average Bonchev–Trinajstić information content (AvgIpc) is 3.45. The van der Waals surface area contributed by atoms with Gasteiger partial charge in [-0.15, -0.1) is 0 Å². The highest BCUT2D eigenvalue weighted by Crippen LogP contribution is 2.43. The fourth-order valence-electron chi connectivity index (χ4n) is 4.80. The van der Waals surface area contributed by atoms with Gasteiger partial charge in [-0.3, -0.25) is 4.79 Å². The molecular weight excluding hydrogens is 386 g/mol. The first-order valence-electron chi connectivity index (χ1n) is 10.3. The molecule has 3 rings (SSSR count). The summed E-state index contributed by atoms with van der Waals surface area (Å²) in [5.74, 6) is 0.444. The molecule has 0 aromatic heterocycles. The van der Waals surface area contributed by atoms with Crippen LogP contribution in [0.15, 0.2) is 29.2 Å². The number of benzene rings is 1. The second-order valence-electron chi connectivity index (χ2n) is 9.50. The van der Waals surface area contributed by atoms with Crippen LogP contribution in [0.4, 0.5) is 0 Å². The summed E-state index contributed by atoms with van der Waals surface area (Å²) in [7, 11) is -2.34. The number of rotatable bonds is 6. The summed E-state index contributed by atoms with van der Waals surface area (Å²) < 4.78 is 26.9. The lowest BCUT2D eigenvalue weighted by molar-refractivity contribution is -0.136. The van der Waals surface area contributed by atoms with Gasteiger partial charge in [0, 0.05) is 19.1 Å². The predicted molar refractivity (Wildman–Crippen MR) is 111 cm³/mol. The number of nitrogens with zero attached hydrogens (tertiary/aromatic N) is 3. The Balaban J connectivity index is 1.75. The molecule has 2 aliphatic rings. The third-order valence-corrected chi connectivity index (χ3v) is 7.85. The number of amides is 1. The van der Waals surface area contributed by atoms with Crippen LogP contribution >= 0.6 is 0 Å². The van der Waals surface area contributed by atoms with Crippen molar-refractivity contribution in [2.75, 3.05) is 13.6 Å². The van der Waals surface area contributed by atoms with Gasteiger partial charge >= 0.3 is 0 Å². The largest absolute Gasteiger partial charge is 0.336 e. The lowest BCUT2D eigenvalue weighted by Gasteiger charge is -2.44. The third kappa shape index (κ3) is 4.99. The number of likely N-dealkylation sites (N-methyl/N-ethyl adjacent to an activating group) is 1. The van der Waals surface area contributed by atoms with E-state index in [4.69, 9.17) is 5.26 Å². The van der Waals surface area contributed by atoms with E-state index in [0.717, 1.165) is 36.4 Å². The molecule has 0 saturated heterocycles. The highest BCUT2D eigenvalue weighted by molar-refractivity contribution is 7.89. The fraction of sp³-hybridized carbons (Fsp3) is 0.636. The van der Waals surface area contributed by atoms with Crippen LogP contribution in [0.2, 0.25) is 0 Å². The molecule has 0 bridgehead atoms. The minimum atomic E-state index is -3.79. The van der Waals surface area contributed by atoms with Gasteiger partial charge in [0.1, 0.15) is 0 Å². The Hall–Kier alpha value is -1.91. The zero-order valence-electron chi connectivity index (χ0n) is 17.8. The molecule has 158 valence electrons. The molecule has 2 saturated carbocycles. The van der Waals surface area contributed by atoms with Crippen LogP contribution in [0.25, 0.3) is 0 Å². The standard InChI is InChI=1S/C22H31N3O3S/c1-16-11-19(13-22(2,3)12-16)25(18-7-8-18)21(26)15-24(4)29(27,28)20-9-5-17(14-23)6-10-20/h5-6,9-10,16,18-19H,7-8,11-13,15H2,1-4H3/t16-,19-/m1/s1. The van der Waals surface area contributed by atoms with E-state index < -0.39 is 10.0 Å². The molecule has 0 aliphatic heterocycles. The van der Waals surface area contributed by atoms with Gasteiger partial charge in [0.15, 0.2) is 0 Å². The minimum absolute atomic E-state index is 0.0946. The Labute approximate surface area is 174 Å². The first kappa shape index (κ1) is 21.8. The molecule has 0 heterocycles. The first-order valence-corrected chi connectivity index (χ1v) is 11.8. The second kappa shape index (κ2) is 8.08. The van der Waals surface area contributed by atoms with Crippen molar-refractivity contribution in [3.63, 3.8) is 0 Å². The Kier molecular flexibility index (Phi) is 6.07. The Morgan fingerprint density at radius 3 is 2.31 bits per heavy atom. The lowest BCUT2D eigenvalue weighted by Crippen LogP contribution is -2.50. The number of sulfonamides is 1. The van der Waals surface area contributed by atoms with Crippen molar-refractivity contribution in [3.05, 3.63) is 29.8 Å². The van der Waals surface area contributed by atoms with E-state index in [1.54, 1.807) is 0 Å². The molecule has 0 spiro atoms. The molecule has 0 N–H and O–H groups in total. The molecule has 1 aromatic rings. The fourth-order valence-corrected chi connectivity index (χ4v) is 5.92. The van der Waals surface area contributed by atoms with Crippen LogP contribution in [0, 0.1) is 22.7 Å². The highest BCUT2D eigenvalue weighted by atomic mass is 32.2. The van der Waals surface area contributed by atoms with Crippen molar-refractivity contribution in [3.8, 4) is 6.07 Å². The van der Waals surface area contributed by atoms with Gasteiger partial charge in [0.25, 0.3) is 0 Å². The van der Waals surface area contributed by atoms with E-state index in [-0.39, 0.29) is 34.8 Å². The predicted octanol–water partition coefficient (Wildman–Crippen LogP) is 3.38. The number of hydrogen-bond acceptors (Lipinski definition) is 4. The Bertz CT molecular complexity index is 898. The van der Waals surface area contributed by atoms with E-state index in [1.807, 2.05) is 11.0 Å². The number of nitriles is 1. The summed E-state index contributed by atoms with van der Waals surface area (Å²) >= 11 is 0. The van der Waals surface area contributed by atoms with Crippen LogP contribution in [0.5, 0.6) is 0 Å². The summed E-state index contributed by atoms with van der Waals surface area (Å²) in [6.45, 7) is 6.59. The molecule has 29 heavy (non-hydrogen) atoms. The van der Waals surface area contributed by atoms with Crippen LogP contribution in [0.3, 0.4) is 0 Å². The molecule has 0 unspecified atom stereocenters. The normalized spacial score (nSPS) is 24.1. The van der Waals surface area contributed by atoms with Crippen molar-refractivity contribution >= 4 is 15.9 Å². The topological polar surface area (TPSA) is 81.5 Å². The smallest absolute Gasteiger partial charge is 0.243 e. The highest BCUT2D eigenvalue weighted by Gasteiger charge is 2.43. The quantitative estimate of drug-likeness (QED) is 0.710. The molecular formula is C22H31N3O3S. The zero-order chi connectivity index (χ0) is 21.4. The average molecular weight is 418 g/mol. The van der Waals surface area contributed by atoms with E-state index >= 15 is 0 Å². The van der Waals surface area contributed by atoms with E-state index in [2.05, 4.69) is 20.8 Å². The maximum atomic E-state index is 13.2. The first-order chi connectivity index (χ1) is 13.5. The number of carbonyl (C=O) groups is 1. The summed E-state index contributed by atoms with van der Waals surface area (Å²) in [6, 6.07) is 8.19. The van der Waals surface area contributed by atoms with Gasteiger partial charge in [-0.2, -0.15) is 9.57 Å². The van der Waals surface area contributed by atoms with Crippen LogP contribution < -0.4 is 0 Å². The monoisotopic (exact) mass is 417 g/mol. The van der Waals surface area contributed by atoms with Gasteiger partial charge in [-0.05, 0) is 67.7 Å². The van der Waals surface area contributed by atoms with Gasteiger partial charge in [0.2, 0.25) is 15.9 Å². The number of carbonyl (C=O) groups excluding carboxylic acids is 1. The molecule has 7 heteroatoms. The zero-order valence-corrected chi connectivity index (χ0v) is 18.6. The van der Waals surface area contributed by atoms with Gasteiger partial charge in [0.05, 0.1) is 23.1 Å². The van der Waals surface area contributed by atoms with Gasteiger partial charge in [-0.25, -0.2) is 8.42 Å². The van der Waals surface area contributed by atoms with Gasteiger partial charge < -0.3 is 4.90 Å². The number of hydrogen-bond donors (Lipinski definition) is 0. The second-order valence-corrected chi connectivity index (χ2v) is 11.5. The summed E-state index contributed by atoms with van der Waals surface area (Å²) in [5.41, 5.74) is 0.590. The van der Waals surface area contributed by atoms with Crippen molar-refractivity contribution in [2.24, 2.45) is 11.3 Å². The Morgan fingerprint density at radius 2 is 1.79 bits per heavy atom. The van der Waals surface area contributed by atoms with Crippen molar-refractivity contribution in [1.29, 1.82) is 5.26 Å². The summed E-state index contributed by atoms with van der Waals surface area (Å²) in [4.78, 5) is 15.3. The maximum absolute atomic E-state index is 13.2. The minimum Gasteiger partial charge on any atom is -0.336 e. The third-order valence-electron chi connectivity index (χ3n) is 6.03. The van der Waals surface area contributed by atoms with Crippen LogP contribution in [-0.2, 0) is 14.8 Å². The molecule has 0 radical (unpaired) electrons. The maximum Gasteiger partial charge on any atom is 0.243 e. The van der Waals surface area contributed by atoms with Crippen LogP contribution in [-0.4, -0.2) is 49.2 Å². The van der Waals surface area contributed by atoms with Crippen molar-refractivity contribution in [1.82, 2.24) is 9.21 Å². The Morgan fingerprint density at radius 1 is 1.17 bits per heavy atom. The van der Waals surface area contributed by atoms with E-state index in [1.165, 1.54) is 31.3 Å². The molecule has 2 fully saturated rings. The molecule has 1 aromatic carbocycles. The SMILES string of the molecule is C[C@@H]1C[C@@H](N(C(=O)CN(C)S(=O)(=O)c2ccc(C#N)cc2)C2CC2)CC(C)(C)C1. The van der Waals surface area contributed by atoms with Crippen molar-refractivity contribution < 1.29 is 13.2 Å². The molecule has 2 aliphatic carbocycles. The van der Waals surface area contributed by atoms with E-state index in [0.29, 0.717) is 11.5 Å². The van der Waals surface area contributed by atoms with Crippen molar-refractivity contribution in [2.45, 2.75) is 69.9 Å². The molecule has 6 nitrogen and oxygen atoms in total. The lowest BCUT2D eigenvalue weighted by atomic mass is 9.70. The van der Waals surface area contributed by atoms with Crippen LogP contribution in [0.1, 0.15) is 58.4 Å². The molecule has 2 atom stereocenters. The summed E-state index contributed by atoms with van der Waals surface area (Å²) in [6.07, 6.45) is 5.11. The van der Waals surface area contributed by atoms with E-state index in [9.17, 15) is 13.2 Å². The molecule has 1 amide bonds.